The summed E-state index contributed by atoms with van der Waals surface area (Å²) in [5.74, 6) is 3.71. The summed E-state index contributed by atoms with van der Waals surface area (Å²) in [6.45, 7) is 0.410. The van der Waals surface area contributed by atoms with Crippen molar-refractivity contribution in [2.45, 2.75) is 38.1 Å². The summed E-state index contributed by atoms with van der Waals surface area (Å²) in [6.07, 6.45) is 2.21. The summed E-state index contributed by atoms with van der Waals surface area (Å²) in [6, 6.07) is 3.84. The van der Waals surface area contributed by atoms with E-state index in [0.717, 1.165) is 11.3 Å². The van der Waals surface area contributed by atoms with Crippen LogP contribution >= 0.6 is 0 Å². The van der Waals surface area contributed by atoms with Crippen molar-refractivity contribution < 1.29 is 19.2 Å². The Morgan fingerprint density at radius 3 is 2.79 bits per heavy atom. The fraction of sp³-hybridized carbons (Fsp3) is 0.368. The number of hydrogen-bond donors (Lipinski definition) is 1. The predicted molar refractivity (Wildman–Crippen MR) is 97.9 cm³/mol. The van der Waals surface area contributed by atoms with Crippen LogP contribution in [0.5, 0.6) is 0 Å². The van der Waals surface area contributed by atoms with Crippen molar-refractivity contribution in [3.8, 4) is 11.8 Å². The molecule has 2 aliphatic rings. The smallest absolute Gasteiger partial charge is 0.263 e. The van der Waals surface area contributed by atoms with E-state index in [4.69, 9.17) is 5.53 Å². The summed E-state index contributed by atoms with van der Waals surface area (Å²) in [7, 11) is 0. The van der Waals surface area contributed by atoms with E-state index in [0.29, 0.717) is 24.9 Å². The van der Waals surface area contributed by atoms with Crippen molar-refractivity contribution in [1.29, 1.82) is 0 Å². The van der Waals surface area contributed by atoms with Gasteiger partial charge in [0, 0.05) is 29.9 Å². The van der Waals surface area contributed by atoms with E-state index in [-0.39, 0.29) is 24.0 Å². The normalized spacial score (nSPS) is 18.1. The van der Waals surface area contributed by atoms with E-state index < -0.39 is 29.7 Å². The van der Waals surface area contributed by atoms with Crippen molar-refractivity contribution in [2.75, 3.05) is 6.54 Å². The molecule has 28 heavy (non-hydrogen) atoms. The molecule has 2 heterocycles. The number of hydrogen-bond acceptors (Lipinski definition) is 5. The van der Waals surface area contributed by atoms with Gasteiger partial charge < -0.3 is 0 Å². The van der Waals surface area contributed by atoms with Crippen LogP contribution in [0.2, 0.25) is 0 Å². The molecule has 1 fully saturated rings. The number of carbonyl (C=O) groups excluding carboxylic acids is 4. The lowest BCUT2D eigenvalue weighted by atomic mass is 10.0. The molecule has 0 radical (unpaired) electrons. The molecule has 9 heteroatoms. The standard InChI is InChI=1S/C19H17N5O4/c20-23-21-11-4-2-1-3-6-12-7-5-8-13-16(12)19(28)24(18(13)27)14-9-10-15(25)22-17(14)26/h5,7-8,14H,1-2,4,9-11H2,(H,22,25,26). The molecule has 1 aromatic rings. The van der Waals surface area contributed by atoms with Crippen LogP contribution in [0.4, 0.5) is 0 Å². The lowest BCUT2D eigenvalue weighted by Crippen LogP contribution is -2.54. The number of piperidine rings is 1. The van der Waals surface area contributed by atoms with Crippen molar-refractivity contribution in [3.63, 3.8) is 0 Å². The number of unbranched alkanes of at least 4 members (excludes halogenated alkanes) is 2. The van der Waals surface area contributed by atoms with Crippen molar-refractivity contribution in [3.05, 3.63) is 45.3 Å². The van der Waals surface area contributed by atoms with Crippen LogP contribution in [-0.2, 0) is 9.59 Å². The molecule has 1 atom stereocenters. The zero-order valence-corrected chi connectivity index (χ0v) is 15.0. The number of fused-ring (bicyclic) bond motifs is 1. The number of imide groups is 2. The Morgan fingerprint density at radius 2 is 2.04 bits per heavy atom. The van der Waals surface area contributed by atoms with Crippen LogP contribution in [0.25, 0.3) is 10.4 Å². The van der Waals surface area contributed by atoms with Crippen molar-refractivity contribution in [1.82, 2.24) is 10.2 Å². The van der Waals surface area contributed by atoms with Crippen LogP contribution in [0.1, 0.15) is 58.4 Å². The van der Waals surface area contributed by atoms with Gasteiger partial charge in [0.2, 0.25) is 11.8 Å². The third kappa shape index (κ3) is 3.72. The summed E-state index contributed by atoms with van der Waals surface area (Å²) < 4.78 is 0. The SMILES string of the molecule is [N-]=[N+]=NCCCCC#Cc1cccc2c1C(=O)N(C1CCC(=O)NC1=O)C2=O. The zero-order valence-electron chi connectivity index (χ0n) is 15.0. The van der Waals surface area contributed by atoms with E-state index in [9.17, 15) is 19.2 Å². The third-order valence-electron chi connectivity index (χ3n) is 4.56. The molecule has 0 saturated carbocycles. The van der Waals surface area contributed by atoms with Crippen LogP contribution < -0.4 is 5.32 Å². The second-order valence-electron chi connectivity index (χ2n) is 6.39. The molecule has 1 N–H and O–H groups in total. The number of nitrogens with one attached hydrogen (secondary N) is 1. The summed E-state index contributed by atoms with van der Waals surface area (Å²) in [5.41, 5.74) is 9.06. The quantitative estimate of drug-likeness (QED) is 0.209. The van der Waals surface area contributed by atoms with E-state index in [1.807, 2.05) is 0 Å². The maximum atomic E-state index is 12.9. The molecule has 0 aliphatic carbocycles. The summed E-state index contributed by atoms with van der Waals surface area (Å²) in [4.78, 5) is 52.6. The minimum atomic E-state index is -0.994. The van der Waals surface area contributed by atoms with E-state index in [1.165, 1.54) is 6.07 Å². The predicted octanol–water partition coefficient (Wildman–Crippen LogP) is 1.92. The fourth-order valence-electron chi connectivity index (χ4n) is 3.22. The first kappa shape index (κ1) is 19.1. The molecule has 142 valence electrons. The largest absolute Gasteiger partial charge is 0.295 e. The van der Waals surface area contributed by atoms with Gasteiger partial charge in [-0.05, 0) is 36.9 Å². The highest BCUT2D eigenvalue weighted by atomic mass is 16.2. The summed E-state index contributed by atoms with van der Waals surface area (Å²) in [5, 5.41) is 5.62. The van der Waals surface area contributed by atoms with E-state index in [2.05, 4.69) is 27.2 Å². The van der Waals surface area contributed by atoms with Gasteiger partial charge >= 0.3 is 0 Å². The lowest BCUT2D eigenvalue weighted by Gasteiger charge is -2.27. The van der Waals surface area contributed by atoms with Crippen molar-refractivity contribution >= 4 is 23.6 Å². The first-order chi connectivity index (χ1) is 13.5. The average molecular weight is 379 g/mol. The Hall–Kier alpha value is -3.63. The fourth-order valence-corrected chi connectivity index (χ4v) is 3.22. The highest BCUT2D eigenvalue weighted by Gasteiger charge is 2.45. The molecular weight excluding hydrogens is 362 g/mol. The Bertz CT molecular complexity index is 968. The highest BCUT2D eigenvalue weighted by molar-refractivity contribution is 6.24. The number of carbonyl (C=O) groups is 4. The first-order valence-electron chi connectivity index (χ1n) is 8.89. The van der Waals surface area contributed by atoms with Crippen LogP contribution in [0.3, 0.4) is 0 Å². The Balaban J connectivity index is 1.78. The minimum absolute atomic E-state index is 0.0757. The van der Waals surface area contributed by atoms with Gasteiger partial charge in [0.1, 0.15) is 6.04 Å². The molecule has 3 rings (SSSR count). The second-order valence-corrected chi connectivity index (χ2v) is 6.39. The highest BCUT2D eigenvalue weighted by Crippen LogP contribution is 2.29. The van der Waals surface area contributed by atoms with Crippen LogP contribution in [0, 0.1) is 11.8 Å². The maximum Gasteiger partial charge on any atom is 0.263 e. The second kappa shape index (κ2) is 8.37. The zero-order chi connectivity index (χ0) is 20.1. The van der Waals surface area contributed by atoms with Gasteiger partial charge in [-0.25, -0.2) is 0 Å². The average Bonchev–Trinajstić information content (AvgIpc) is 2.93. The summed E-state index contributed by atoms with van der Waals surface area (Å²) >= 11 is 0. The van der Waals surface area contributed by atoms with Gasteiger partial charge in [-0.3, -0.25) is 29.4 Å². The van der Waals surface area contributed by atoms with E-state index in [1.54, 1.807) is 12.1 Å². The molecule has 1 saturated heterocycles. The molecule has 0 spiro atoms. The maximum absolute atomic E-state index is 12.9. The van der Waals surface area contributed by atoms with Gasteiger partial charge in [0.25, 0.3) is 11.8 Å². The van der Waals surface area contributed by atoms with Gasteiger partial charge in [-0.2, -0.15) is 0 Å². The van der Waals surface area contributed by atoms with Gasteiger partial charge in [0.05, 0.1) is 11.1 Å². The van der Waals surface area contributed by atoms with Gasteiger partial charge in [0.15, 0.2) is 0 Å². The van der Waals surface area contributed by atoms with E-state index >= 15 is 0 Å². The molecule has 0 aromatic heterocycles. The van der Waals surface area contributed by atoms with Crippen LogP contribution in [-0.4, -0.2) is 41.1 Å². The molecule has 1 unspecified atom stereocenters. The Labute approximate surface area is 160 Å². The third-order valence-corrected chi connectivity index (χ3v) is 4.56. The first-order valence-corrected chi connectivity index (χ1v) is 8.89. The number of amides is 4. The molecular formula is C19H17N5O4. The van der Waals surface area contributed by atoms with Gasteiger partial charge in [-0.1, -0.05) is 23.0 Å². The topological polar surface area (TPSA) is 132 Å². The van der Waals surface area contributed by atoms with Gasteiger partial charge in [-0.15, -0.1) is 0 Å². The molecule has 0 bridgehead atoms. The monoisotopic (exact) mass is 379 g/mol. The Kier molecular flexibility index (Phi) is 5.72. The number of nitrogens with zero attached hydrogens (tertiary/aromatic N) is 4. The number of azide groups is 1. The number of benzene rings is 1. The lowest BCUT2D eigenvalue weighted by molar-refractivity contribution is -0.136. The molecule has 1 aromatic carbocycles. The number of rotatable bonds is 5. The minimum Gasteiger partial charge on any atom is -0.295 e. The van der Waals surface area contributed by atoms with Crippen molar-refractivity contribution in [2.24, 2.45) is 5.11 Å². The Morgan fingerprint density at radius 1 is 1.21 bits per heavy atom. The molecule has 9 nitrogen and oxygen atoms in total. The molecule has 4 amide bonds. The van der Waals surface area contributed by atoms with Crippen LogP contribution in [0.15, 0.2) is 23.3 Å². The molecule has 2 aliphatic heterocycles.